The van der Waals surface area contributed by atoms with Crippen LogP contribution in [0.15, 0.2) is 18.2 Å². The molecule has 17 heavy (non-hydrogen) atoms. The van der Waals surface area contributed by atoms with E-state index in [-0.39, 0.29) is 17.4 Å². The number of primary amides is 1. The van der Waals surface area contributed by atoms with Crippen LogP contribution in [0, 0.1) is 5.92 Å². The first kappa shape index (κ1) is 13.0. The van der Waals surface area contributed by atoms with Crippen LogP contribution < -0.4 is 15.8 Å². The van der Waals surface area contributed by atoms with Crippen LogP contribution in [0.1, 0.15) is 24.2 Å². The van der Waals surface area contributed by atoms with E-state index in [1.54, 1.807) is 26.0 Å². The number of carbonyl (C=O) groups excluding carboxylic acids is 2. The summed E-state index contributed by atoms with van der Waals surface area (Å²) < 4.78 is 5.03. The van der Waals surface area contributed by atoms with Gasteiger partial charge in [0.05, 0.1) is 18.4 Å². The zero-order chi connectivity index (χ0) is 13.0. The van der Waals surface area contributed by atoms with Crippen LogP contribution in [0.25, 0.3) is 0 Å². The maximum Gasteiger partial charge on any atom is 0.250 e. The molecule has 0 bridgehead atoms. The summed E-state index contributed by atoms with van der Waals surface area (Å²) in [5.41, 5.74) is 5.86. The monoisotopic (exact) mass is 236 g/mol. The lowest BCUT2D eigenvalue weighted by atomic mass is 10.1. The van der Waals surface area contributed by atoms with Gasteiger partial charge in [-0.3, -0.25) is 9.59 Å². The molecule has 1 aromatic carbocycles. The highest BCUT2D eigenvalue weighted by Gasteiger charge is 2.14. The molecule has 5 heteroatoms. The van der Waals surface area contributed by atoms with Crippen molar-refractivity contribution in [3.63, 3.8) is 0 Å². The summed E-state index contributed by atoms with van der Waals surface area (Å²) in [6, 6.07) is 4.71. The van der Waals surface area contributed by atoms with E-state index in [1.165, 1.54) is 13.2 Å². The lowest BCUT2D eigenvalue weighted by Gasteiger charge is -2.12. The highest BCUT2D eigenvalue weighted by atomic mass is 16.5. The van der Waals surface area contributed by atoms with Gasteiger partial charge in [0.1, 0.15) is 5.75 Å². The highest BCUT2D eigenvalue weighted by Crippen LogP contribution is 2.22. The smallest absolute Gasteiger partial charge is 0.250 e. The minimum atomic E-state index is -0.591. The minimum absolute atomic E-state index is 0.179. The van der Waals surface area contributed by atoms with Crippen LogP contribution in [0.4, 0.5) is 5.69 Å². The van der Waals surface area contributed by atoms with E-state index in [0.29, 0.717) is 11.4 Å². The van der Waals surface area contributed by atoms with Crippen molar-refractivity contribution in [3.05, 3.63) is 23.8 Å². The van der Waals surface area contributed by atoms with Gasteiger partial charge in [-0.1, -0.05) is 13.8 Å². The predicted molar refractivity (Wildman–Crippen MR) is 65.0 cm³/mol. The van der Waals surface area contributed by atoms with Crippen LogP contribution in [-0.4, -0.2) is 18.9 Å². The van der Waals surface area contributed by atoms with Crippen molar-refractivity contribution in [3.8, 4) is 5.75 Å². The number of anilines is 1. The zero-order valence-corrected chi connectivity index (χ0v) is 10.1. The summed E-state index contributed by atoms with van der Waals surface area (Å²) in [6.07, 6.45) is 0. The second-order valence-electron chi connectivity index (χ2n) is 3.92. The normalized spacial score (nSPS) is 10.1. The number of nitrogens with one attached hydrogen (secondary N) is 1. The number of hydrogen-bond donors (Lipinski definition) is 2. The van der Waals surface area contributed by atoms with Gasteiger partial charge in [-0.05, 0) is 12.1 Å². The van der Waals surface area contributed by atoms with Crippen LogP contribution in [-0.2, 0) is 4.79 Å². The van der Waals surface area contributed by atoms with Crippen molar-refractivity contribution in [2.45, 2.75) is 13.8 Å². The van der Waals surface area contributed by atoms with Crippen molar-refractivity contribution >= 4 is 17.5 Å². The van der Waals surface area contributed by atoms with Crippen molar-refractivity contribution in [2.75, 3.05) is 12.4 Å². The molecule has 0 radical (unpaired) electrons. The topological polar surface area (TPSA) is 81.4 Å². The lowest BCUT2D eigenvalue weighted by Crippen LogP contribution is -2.21. The van der Waals surface area contributed by atoms with Crippen LogP contribution in [0.5, 0.6) is 5.75 Å². The van der Waals surface area contributed by atoms with Crippen LogP contribution in [0.3, 0.4) is 0 Å². The Kier molecular flexibility index (Phi) is 4.09. The summed E-state index contributed by atoms with van der Waals surface area (Å²) in [7, 11) is 1.51. The molecule has 0 saturated carbocycles. The van der Waals surface area contributed by atoms with Gasteiger partial charge >= 0.3 is 0 Å². The zero-order valence-electron chi connectivity index (χ0n) is 10.1. The highest BCUT2D eigenvalue weighted by molar-refractivity contribution is 6.03. The molecule has 5 nitrogen and oxygen atoms in total. The predicted octanol–water partition coefficient (Wildman–Crippen LogP) is 1.39. The SMILES string of the molecule is COc1ccc(C(N)=O)c(NC(=O)C(C)C)c1. The van der Waals surface area contributed by atoms with Crippen molar-refractivity contribution in [2.24, 2.45) is 11.7 Å². The molecule has 92 valence electrons. The molecule has 2 amide bonds. The molecular weight excluding hydrogens is 220 g/mol. The standard InChI is InChI=1S/C12H16N2O3/c1-7(2)12(16)14-10-6-8(17-3)4-5-9(10)11(13)15/h4-7H,1-3H3,(H2,13,15)(H,14,16). The molecule has 0 aromatic heterocycles. The summed E-state index contributed by atoms with van der Waals surface area (Å²) in [5, 5.41) is 2.65. The van der Waals surface area contributed by atoms with E-state index < -0.39 is 5.91 Å². The Morgan fingerprint density at radius 2 is 2.00 bits per heavy atom. The molecule has 0 fully saturated rings. The van der Waals surface area contributed by atoms with E-state index in [9.17, 15) is 9.59 Å². The van der Waals surface area contributed by atoms with E-state index in [0.717, 1.165) is 0 Å². The Morgan fingerprint density at radius 1 is 1.35 bits per heavy atom. The minimum Gasteiger partial charge on any atom is -0.497 e. The first-order valence-corrected chi connectivity index (χ1v) is 5.24. The number of carbonyl (C=O) groups is 2. The largest absolute Gasteiger partial charge is 0.497 e. The molecule has 0 aliphatic heterocycles. The molecule has 0 aliphatic carbocycles. The number of amides is 2. The van der Waals surface area contributed by atoms with Crippen molar-refractivity contribution in [1.82, 2.24) is 0 Å². The number of benzene rings is 1. The second-order valence-corrected chi connectivity index (χ2v) is 3.92. The number of rotatable bonds is 4. The van der Waals surface area contributed by atoms with Gasteiger partial charge in [0.2, 0.25) is 5.91 Å². The average Bonchev–Trinajstić information content (AvgIpc) is 2.28. The van der Waals surface area contributed by atoms with Gasteiger partial charge in [-0.2, -0.15) is 0 Å². The maximum atomic E-state index is 11.6. The summed E-state index contributed by atoms with van der Waals surface area (Å²) >= 11 is 0. The van der Waals surface area contributed by atoms with Gasteiger partial charge in [-0.15, -0.1) is 0 Å². The van der Waals surface area contributed by atoms with Crippen molar-refractivity contribution < 1.29 is 14.3 Å². The van der Waals surface area contributed by atoms with E-state index in [4.69, 9.17) is 10.5 Å². The average molecular weight is 236 g/mol. The molecular formula is C12H16N2O3. The molecule has 0 aliphatic rings. The Hall–Kier alpha value is -2.04. The molecule has 3 N–H and O–H groups in total. The number of methoxy groups -OCH3 is 1. The summed E-state index contributed by atoms with van der Waals surface area (Å²) in [6.45, 7) is 3.53. The van der Waals surface area contributed by atoms with Gasteiger partial charge in [0, 0.05) is 12.0 Å². The first-order chi connectivity index (χ1) is 7.95. The molecule has 1 rings (SSSR count). The van der Waals surface area contributed by atoms with E-state index >= 15 is 0 Å². The number of nitrogens with two attached hydrogens (primary N) is 1. The van der Waals surface area contributed by atoms with Gasteiger partial charge in [0.15, 0.2) is 0 Å². The van der Waals surface area contributed by atoms with Crippen molar-refractivity contribution in [1.29, 1.82) is 0 Å². The fourth-order valence-corrected chi connectivity index (χ4v) is 1.25. The number of hydrogen-bond acceptors (Lipinski definition) is 3. The van der Waals surface area contributed by atoms with Gasteiger partial charge < -0.3 is 15.8 Å². The van der Waals surface area contributed by atoms with Crippen LogP contribution in [0.2, 0.25) is 0 Å². The van der Waals surface area contributed by atoms with E-state index in [1.807, 2.05) is 0 Å². The Bertz CT molecular complexity index is 441. The molecule has 0 heterocycles. The third kappa shape index (κ3) is 3.21. The molecule has 0 spiro atoms. The quantitative estimate of drug-likeness (QED) is 0.828. The van der Waals surface area contributed by atoms with E-state index in [2.05, 4.69) is 5.32 Å². The fourth-order valence-electron chi connectivity index (χ4n) is 1.25. The Labute approximate surface area is 99.9 Å². The lowest BCUT2D eigenvalue weighted by molar-refractivity contribution is -0.118. The molecule has 0 unspecified atom stereocenters. The first-order valence-electron chi connectivity index (χ1n) is 5.24. The van der Waals surface area contributed by atoms with Crippen LogP contribution >= 0.6 is 0 Å². The second kappa shape index (κ2) is 5.34. The summed E-state index contributed by atoms with van der Waals surface area (Å²) in [5.74, 6) is -0.400. The molecule has 1 aromatic rings. The molecule has 0 saturated heterocycles. The summed E-state index contributed by atoms with van der Waals surface area (Å²) in [4.78, 5) is 22.8. The van der Waals surface area contributed by atoms with Gasteiger partial charge in [-0.25, -0.2) is 0 Å². The third-order valence-corrected chi connectivity index (χ3v) is 2.27. The Balaban J connectivity index is 3.09. The number of ether oxygens (including phenoxy) is 1. The molecule has 0 atom stereocenters. The van der Waals surface area contributed by atoms with Gasteiger partial charge in [0.25, 0.3) is 5.91 Å². The Morgan fingerprint density at radius 3 is 2.47 bits per heavy atom. The fraction of sp³-hybridized carbons (Fsp3) is 0.333. The maximum absolute atomic E-state index is 11.6. The third-order valence-electron chi connectivity index (χ3n) is 2.27.